The molecular formula is C12H14ClFN2O. The lowest BCUT2D eigenvalue weighted by atomic mass is 10.0. The lowest BCUT2D eigenvalue weighted by molar-refractivity contribution is 0.0913. The molecule has 1 heterocycles. The Balaban J connectivity index is 2.11. The van der Waals surface area contributed by atoms with E-state index in [-0.39, 0.29) is 16.5 Å². The van der Waals surface area contributed by atoms with Crippen molar-refractivity contribution in [1.82, 2.24) is 10.6 Å². The van der Waals surface area contributed by atoms with Crippen molar-refractivity contribution in [2.75, 3.05) is 13.1 Å². The molecule has 2 rings (SSSR count). The van der Waals surface area contributed by atoms with Crippen molar-refractivity contribution in [3.8, 4) is 0 Å². The maximum absolute atomic E-state index is 13.0. The number of hydrogen-bond acceptors (Lipinski definition) is 2. The van der Waals surface area contributed by atoms with Crippen LogP contribution in [0, 0.1) is 5.82 Å². The van der Waals surface area contributed by atoms with Crippen LogP contribution in [0.5, 0.6) is 0 Å². The molecule has 92 valence electrons. The van der Waals surface area contributed by atoms with Gasteiger partial charge < -0.3 is 10.6 Å². The molecule has 5 heteroatoms. The first-order valence-electron chi connectivity index (χ1n) is 5.48. The van der Waals surface area contributed by atoms with Gasteiger partial charge in [0.15, 0.2) is 0 Å². The van der Waals surface area contributed by atoms with E-state index in [9.17, 15) is 9.18 Å². The van der Waals surface area contributed by atoms with Crippen molar-refractivity contribution < 1.29 is 9.18 Å². The highest BCUT2D eigenvalue weighted by molar-refractivity contribution is 6.31. The molecule has 1 aromatic carbocycles. The summed E-state index contributed by atoms with van der Waals surface area (Å²) in [6.07, 6.45) is 0.883. The molecule has 0 spiro atoms. The summed E-state index contributed by atoms with van der Waals surface area (Å²) in [6.45, 7) is 3.62. The van der Waals surface area contributed by atoms with Crippen LogP contribution in [-0.2, 0) is 0 Å². The molecule has 2 N–H and O–H groups in total. The minimum absolute atomic E-state index is 0.0349. The fourth-order valence-electron chi connectivity index (χ4n) is 1.91. The zero-order chi connectivity index (χ0) is 12.5. The normalized spacial score (nSPS) is 23.7. The molecule has 1 aliphatic rings. The molecule has 0 bridgehead atoms. The first kappa shape index (κ1) is 12.3. The van der Waals surface area contributed by atoms with Crippen molar-refractivity contribution in [3.63, 3.8) is 0 Å². The first-order valence-corrected chi connectivity index (χ1v) is 5.86. The van der Waals surface area contributed by atoms with Gasteiger partial charge in [-0.25, -0.2) is 4.39 Å². The van der Waals surface area contributed by atoms with E-state index in [0.717, 1.165) is 19.5 Å². The second-order valence-corrected chi connectivity index (χ2v) is 4.98. The van der Waals surface area contributed by atoms with E-state index in [1.54, 1.807) is 0 Å². The van der Waals surface area contributed by atoms with Gasteiger partial charge in [-0.05, 0) is 38.1 Å². The van der Waals surface area contributed by atoms with E-state index in [1.807, 2.05) is 6.92 Å². The average Bonchev–Trinajstić information content (AvgIpc) is 2.69. The van der Waals surface area contributed by atoms with Crippen molar-refractivity contribution >= 4 is 17.5 Å². The average molecular weight is 257 g/mol. The third-order valence-electron chi connectivity index (χ3n) is 2.97. The van der Waals surface area contributed by atoms with Gasteiger partial charge in [-0.2, -0.15) is 0 Å². The highest BCUT2D eigenvalue weighted by atomic mass is 35.5. The predicted octanol–water partition coefficient (Wildman–Crippen LogP) is 1.96. The van der Waals surface area contributed by atoms with Crippen LogP contribution in [0.3, 0.4) is 0 Å². The predicted molar refractivity (Wildman–Crippen MR) is 64.8 cm³/mol. The minimum Gasteiger partial charge on any atom is -0.346 e. The van der Waals surface area contributed by atoms with Gasteiger partial charge >= 0.3 is 0 Å². The third kappa shape index (κ3) is 2.76. The molecule has 1 unspecified atom stereocenters. The van der Waals surface area contributed by atoms with E-state index in [2.05, 4.69) is 10.6 Å². The Bertz CT molecular complexity index is 444. The second kappa shape index (κ2) is 4.63. The summed E-state index contributed by atoms with van der Waals surface area (Å²) in [7, 11) is 0. The van der Waals surface area contributed by atoms with E-state index in [0.29, 0.717) is 5.56 Å². The Kier molecular flexibility index (Phi) is 3.35. The first-order chi connectivity index (χ1) is 8.00. The van der Waals surface area contributed by atoms with Gasteiger partial charge in [0.25, 0.3) is 5.91 Å². The Morgan fingerprint density at radius 1 is 1.59 bits per heavy atom. The van der Waals surface area contributed by atoms with Crippen LogP contribution in [0.25, 0.3) is 0 Å². The van der Waals surface area contributed by atoms with Crippen LogP contribution in [0.1, 0.15) is 23.7 Å². The fraction of sp³-hybridized carbons (Fsp3) is 0.417. The Morgan fingerprint density at radius 3 is 2.94 bits per heavy atom. The number of carbonyl (C=O) groups excluding carboxylic acids is 1. The van der Waals surface area contributed by atoms with Crippen molar-refractivity contribution in [3.05, 3.63) is 34.6 Å². The fourth-order valence-corrected chi connectivity index (χ4v) is 2.09. The number of halogens is 2. The van der Waals surface area contributed by atoms with Gasteiger partial charge in [0.2, 0.25) is 0 Å². The molecule has 1 aliphatic heterocycles. The van der Waals surface area contributed by atoms with Gasteiger partial charge in [-0.3, -0.25) is 4.79 Å². The highest BCUT2D eigenvalue weighted by Gasteiger charge is 2.30. The third-order valence-corrected chi connectivity index (χ3v) is 3.26. The van der Waals surface area contributed by atoms with Crippen LogP contribution in [0.2, 0.25) is 5.02 Å². The van der Waals surface area contributed by atoms with E-state index < -0.39 is 5.82 Å². The van der Waals surface area contributed by atoms with Crippen molar-refractivity contribution in [2.24, 2.45) is 0 Å². The number of benzene rings is 1. The van der Waals surface area contributed by atoms with Gasteiger partial charge in [0.05, 0.1) is 10.6 Å². The highest BCUT2D eigenvalue weighted by Crippen LogP contribution is 2.18. The summed E-state index contributed by atoms with van der Waals surface area (Å²) >= 11 is 5.64. The van der Waals surface area contributed by atoms with Crippen LogP contribution in [0.4, 0.5) is 4.39 Å². The Morgan fingerprint density at radius 2 is 2.35 bits per heavy atom. The summed E-state index contributed by atoms with van der Waals surface area (Å²) in [5.41, 5.74) is 0.141. The second-order valence-electron chi connectivity index (χ2n) is 4.57. The lowest BCUT2D eigenvalue weighted by Gasteiger charge is -2.24. The van der Waals surface area contributed by atoms with E-state index >= 15 is 0 Å². The summed E-state index contributed by atoms with van der Waals surface area (Å²) in [5.74, 6) is -0.741. The van der Waals surface area contributed by atoms with E-state index in [1.165, 1.54) is 18.2 Å². The zero-order valence-corrected chi connectivity index (χ0v) is 10.3. The van der Waals surface area contributed by atoms with Crippen LogP contribution >= 0.6 is 11.6 Å². The summed E-state index contributed by atoms with van der Waals surface area (Å²) in [4.78, 5) is 11.9. The van der Waals surface area contributed by atoms with Gasteiger partial charge in [0, 0.05) is 12.1 Å². The SMILES string of the molecule is CC1(NC(=O)c2ccc(F)c(Cl)c2)CCNC1. The number of carbonyl (C=O) groups is 1. The molecule has 17 heavy (non-hydrogen) atoms. The maximum Gasteiger partial charge on any atom is 0.251 e. The molecule has 0 saturated carbocycles. The molecule has 1 amide bonds. The van der Waals surface area contributed by atoms with Crippen molar-refractivity contribution in [1.29, 1.82) is 0 Å². The minimum atomic E-state index is -0.517. The largest absolute Gasteiger partial charge is 0.346 e. The number of hydrogen-bond donors (Lipinski definition) is 2. The Labute approximate surface area is 104 Å². The standard InChI is InChI=1S/C12H14ClFN2O/c1-12(4-5-15-7-12)16-11(17)8-2-3-10(14)9(13)6-8/h2-3,6,15H,4-5,7H2,1H3,(H,16,17). The monoisotopic (exact) mass is 256 g/mol. The molecule has 3 nitrogen and oxygen atoms in total. The number of nitrogens with one attached hydrogen (secondary N) is 2. The Hall–Kier alpha value is -1.13. The molecule has 1 atom stereocenters. The summed E-state index contributed by atoms with van der Waals surface area (Å²) in [5, 5.41) is 6.09. The topological polar surface area (TPSA) is 41.1 Å². The number of rotatable bonds is 2. The molecule has 0 aromatic heterocycles. The zero-order valence-electron chi connectivity index (χ0n) is 9.52. The van der Waals surface area contributed by atoms with Crippen LogP contribution in [-0.4, -0.2) is 24.5 Å². The summed E-state index contributed by atoms with van der Waals surface area (Å²) < 4.78 is 13.0. The molecule has 1 fully saturated rings. The molecule has 1 saturated heterocycles. The quantitative estimate of drug-likeness (QED) is 0.849. The number of amides is 1. The van der Waals surface area contributed by atoms with Gasteiger partial charge in [-0.15, -0.1) is 0 Å². The van der Waals surface area contributed by atoms with Crippen LogP contribution in [0.15, 0.2) is 18.2 Å². The molecule has 0 aliphatic carbocycles. The van der Waals surface area contributed by atoms with E-state index in [4.69, 9.17) is 11.6 Å². The summed E-state index contributed by atoms with van der Waals surface area (Å²) in [6, 6.07) is 3.98. The van der Waals surface area contributed by atoms with Crippen LogP contribution < -0.4 is 10.6 Å². The van der Waals surface area contributed by atoms with Crippen molar-refractivity contribution in [2.45, 2.75) is 18.9 Å². The van der Waals surface area contributed by atoms with Gasteiger partial charge in [-0.1, -0.05) is 11.6 Å². The molecular weight excluding hydrogens is 243 g/mol. The molecule has 0 radical (unpaired) electrons. The smallest absolute Gasteiger partial charge is 0.251 e. The lowest BCUT2D eigenvalue weighted by Crippen LogP contribution is -2.47. The molecule has 1 aromatic rings. The maximum atomic E-state index is 13.0. The van der Waals surface area contributed by atoms with Gasteiger partial charge in [0.1, 0.15) is 5.82 Å².